The van der Waals surface area contributed by atoms with Crippen LogP contribution < -0.4 is 14.8 Å². The Morgan fingerprint density at radius 2 is 1.91 bits per heavy atom. The van der Waals surface area contributed by atoms with Gasteiger partial charge in [-0.25, -0.2) is 0 Å². The molecule has 0 bridgehead atoms. The number of aromatic nitrogens is 3. The average Bonchev–Trinajstić information content (AvgIpc) is 3.00. The Morgan fingerprint density at radius 1 is 1.12 bits per heavy atom. The maximum atomic E-state index is 10.1. The first-order valence-corrected chi connectivity index (χ1v) is 11.9. The van der Waals surface area contributed by atoms with Crippen LogP contribution in [0.15, 0.2) is 65.8 Å². The minimum atomic E-state index is -0.698. The molecule has 1 aliphatic rings. The number of nitrogens with zero attached hydrogens (tertiary/aromatic N) is 3. The molecule has 9 heteroatoms. The summed E-state index contributed by atoms with van der Waals surface area (Å²) in [6.45, 7) is 2.06. The lowest BCUT2D eigenvalue weighted by atomic mass is 10.1. The van der Waals surface area contributed by atoms with Crippen LogP contribution in [0.2, 0.25) is 5.02 Å². The smallest absolute Gasteiger partial charge is 0.247 e. The summed E-state index contributed by atoms with van der Waals surface area (Å²) >= 11 is 7.96. The lowest BCUT2D eigenvalue weighted by Crippen LogP contribution is -2.17. The van der Waals surface area contributed by atoms with Gasteiger partial charge in [0.15, 0.2) is 23.4 Å². The molecule has 0 saturated heterocycles. The van der Waals surface area contributed by atoms with Crippen LogP contribution in [0, 0.1) is 6.92 Å². The zero-order valence-corrected chi connectivity index (χ0v) is 20.0. The first-order chi connectivity index (χ1) is 16.5. The predicted molar refractivity (Wildman–Crippen MR) is 133 cm³/mol. The molecule has 1 atom stereocenters. The number of ether oxygens (including phenoxy) is 2. The van der Waals surface area contributed by atoms with Crippen molar-refractivity contribution in [1.29, 1.82) is 0 Å². The fraction of sp³-hybridized carbons (Fsp3) is 0.160. The van der Waals surface area contributed by atoms with Crippen molar-refractivity contribution in [2.45, 2.75) is 24.1 Å². The number of phenolic OH excluding ortho intramolecular Hbond substituents is 1. The van der Waals surface area contributed by atoms with Gasteiger partial charge in [-0.3, -0.25) is 0 Å². The van der Waals surface area contributed by atoms with Crippen molar-refractivity contribution in [3.63, 3.8) is 0 Å². The van der Waals surface area contributed by atoms with Crippen molar-refractivity contribution >= 4 is 29.1 Å². The van der Waals surface area contributed by atoms with Gasteiger partial charge in [0.2, 0.25) is 11.0 Å². The lowest BCUT2D eigenvalue weighted by molar-refractivity contribution is 0.224. The van der Waals surface area contributed by atoms with E-state index in [0.717, 1.165) is 11.3 Å². The van der Waals surface area contributed by atoms with E-state index < -0.39 is 6.23 Å². The molecule has 5 rings (SSSR count). The Kier molecular flexibility index (Phi) is 6.17. The van der Waals surface area contributed by atoms with E-state index in [9.17, 15) is 5.11 Å². The van der Waals surface area contributed by atoms with Gasteiger partial charge in [-0.15, -0.1) is 10.2 Å². The second-order valence-corrected chi connectivity index (χ2v) is 9.11. The average molecular weight is 493 g/mol. The summed E-state index contributed by atoms with van der Waals surface area (Å²) in [5.41, 5.74) is 5.12. The summed E-state index contributed by atoms with van der Waals surface area (Å²) < 4.78 is 11.6. The molecule has 0 radical (unpaired) electrons. The number of hydrogen-bond acceptors (Lipinski definition) is 8. The molecule has 0 amide bonds. The van der Waals surface area contributed by atoms with Gasteiger partial charge >= 0.3 is 0 Å². The molecule has 34 heavy (non-hydrogen) atoms. The molecule has 0 spiro atoms. The number of halogens is 1. The van der Waals surface area contributed by atoms with Gasteiger partial charge in [0.25, 0.3) is 0 Å². The second-order valence-electron chi connectivity index (χ2n) is 7.76. The van der Waals surface area contributed by atoms with Crippen LogP contribution in [-0.2, 0) is 5.75 Å². The third-order valence-electron chi connectivity index (χ3n) is 5.40. The van der Waals surface area contributed by atoms with Crippen LogP contribution in [0.25, 0.3) is 11.3 Å². The van der Waals surface area contributed by atoms with E-state index in [2.05, 4.69) is 51.7 Å². The maximum absolute atomic E-state index is 10.1. The monoisotopic (exact) mass is 492 g/mol. The van der Waals surface area contributed by atoms with Crippen molar-refractivity contribution in [3.05, 3.63) is 82.4 Å². The summed E-state index contributed by atoms with van der Waals surface area (Å²) in [4.78, 5) is 4.67. The number of phenols is 1. The number of nitrogens with one attached hydrogen (secondary N) is 1. The van der Waals surface area contributed by atoms with Crippen LogP contribution in [0.3, 0.4) is 0 Å². The molecular formula is C25H21ClN4O3S. The highest BCUT2D eigenvalue weighted by molar-refractivity contribution is 7.98. The summed E-state index contributed by atoms with van der Waals surface area (Å²) in [5, 5.41) is 23.1. The minimum Gasteiger partial charge on any atom is -0.504 e. The Morgan fingerprint density at radius 3 is 2.71 bits per heavy atom. The van der Waals surface area contributed by atoms with Gasteiger partial charge in [-0.05, 0) is 24.6 Å². The number of rotatable bonds is 5. The van der Waals surface area contributed by atoms with Crippen molar-refractivity contribution in [2.24, 2.45) is 0 Å². The summed E-state index contributed by atoms with van der Waals surface area (Å²) in [6, 6.07) is 19.1. The molecule has 2 heterocycles. The molecule has 1 aliphatic heterocycles. The number of methoxy groups -OCH3 is 1. The number of aromatic hydroxyl groups is 1. The zero-order valence-electron chi connectivity index (χ0n) is 18.4. The molecule has 0 aliphatic carbocycles. The standard InChI is InChI=1S/C25H21ClN4O3S/c1-14-7-9-15(10-8-14)13-34-25-28-24-22(29-30-25)16-5-3-4-6-19(16)27-23(33-24)17-11-21(32-2)20(31)12-18(17)26/h3-12,23,27,31H,13H2,1-2H3. The SMILES string of the molecule is COc1cc(C2Nc3ccccc3-c3nnc(SCc4ccc(C)cc4)nc3O2)c(Cl)cc1O. The van der Waals surface area contributed by atoms with Crippen molar-refractivity contribution in [3.8, 4) is 28.6 Å². The van der Waals surface area contributed by atoms with Crippen LogP contribution in [0.5, 0.6) is 17.4 Å². The van der Waals surface area contributed by atoms with Crippen LogP contribution in [-0.4, -0.2) is 27.4 Å². The molecule has 0 fully saturated rings. The van der Waals surface area contributed by atoms with E-state index in [4.69, 9.17) is 21.1 Å². The van der Waals surface area contributed by atoms with Gasteiger partial charge in [0.1, 0.15) is 0 Å². The maximum Gasteiger partial charge on any atom is 0.247 e. The molecule has 4 aromatic rings. The molecule has 172 valence electrons. The van der Waals surface area contributed by atoms with Gasteiger partial charge in [0, 0.05) is 28.6 Å². The molecule has 0 saturated carbocycles. The molecule has 2 N–H and O–H groups in total. The Balaban J connectivity index is 1.51. The minimum absolute atomic E-state index is 0.0514. The molecule has 7 nitrogen and oxygen atoms in total. The molecule has 3 aromatic carbocycles. The van der Waals surface area contributed by atoms with Crippen LogP contribution >= 0.6 is 23.4 Å². The predicted octanol–water partition coefficient (Wildman–Crippen LogP) is 6.01. The van der Waals surface area contributed by atoms with E-state index in [1.54, 1.807) is 6.07 Å². The fourth-order valence-corrected chi connectivity index (χ4v) is 4.60. The number of fused-ring (bicyclic) bond motifs is 3. The number of para-hydroxylation sites is 1. The number of benzene rings is 3. The largest absolute Gasteiger partial charge is 0.504 e. The number of thioether (sulfide) groups is 1. The first kappa shape index (κ1) is 22.3. The van der Waals surface area contributed by atoms with Gasteiger partial charge in [-0.2, -0.15) is 4.98 Å². The quantitative estimate of drug-likeness (QED) is 0.327. The number of aryl methyl sites for hydroxylation is 1. The summed E-state index contributed by atoms with van der Waals surface area (Å²) in [7, 11) is 1.48. The number of anilines is 1. The highest BCUT2D eigenvalue weighted by Gasteiger charge is 2.28. The molecule has 1 aromatic heterocycles. The number of hydrogen-bond donors (Lipinski definition) is 2. The van der Waals surface area contributed by atoms with E-state index in [-0.39, 0.29) is 11.5 Å². The topological polar surface area (TPSA) is 89.4 Å². The van der Waals surface area contributed by atoms with E-state index in [1.165, 1.54) is 36.1 Å². The fourth-order valence-electron chi connectivity index (χ4n) is 3.60. The Bertz CT molecular complexity index is 1350. The highest BCUT2D eigenvalue weighted by Crippen LogP contribution is 2.42. The Labute approximate surface area is 206 Å². The highest BCUT2D eigenvalue weighted by atomic mass is 35.5. The van der Waals surface area contributed by atoms with Gasteiger partial charge in [0.05, 0.1) is 12.1 Å². The third-order valence-corrected chi connectivity index (χ3v) is 6.64. The van der Waals surface area contributed by atoms with Gasteiger partial charge < -0.3 is 19.9 Å². The summed E-state index contributed by atoms with van der Waals surface area (Å²) in [5.74, 6) is 1.29. The first-order valence-electron chi connectivity index (χ1n) is 10.5. The molecular weight excluding hydrogens is 472 g/mol. The van der Waals surface area contributed by atoms with Crippen molar-refractivity contribution in [2.75, 3.05) is 12.4 Å². The van der Waals surface area contributed by atoms with E-state index in [0.29, 0.717) is 33.1 Å². The van der Waals surface area contributed by atoms with Crippen molar-refractivity contribution < 1.29 is 14.6 Å². The molecule has 1 unspecified atom stereocenters. The zero-order chi connectivity index (χ0) is 23.7. The van der Waals surface area contributed by atoms with Crippen LogP contribution in [0.4, 0.5) is 5.69 Å². The normalized spacial score (nSPS) is 14.3. The van der Waals surface area contributed by atoms with Crippen LogP contribution in [0.1, 0.15) is 22.9 Å². The van der Waals surface area contributed by atoms with E-state index >= 15 is 0 Å². The third kappa shape index (κ3) is 4.47. The second kappa shape index (κ2) is 9.40. The van der Waals surface area contributed by atoms with Crippen molar-refractivity contribution in [1.82, 2.24) is 15.2 Å². The van der Waals surface area contributed by atoms with Gasteiger partial charge in [-0.1, -0.05) is 71.4 Å². The Hall–Kier alpha value is -3.49. The lowest BCUT2D eigenvalue weighted by Gasteiger charge is -2.21. The van der Waals surface area contributed by atoms with E-state index in [1.807, 2.05) is 24.3 Å². The summed E-state index contributed by atoms with van der Waals surface area (Å²) in [6.07, 6.45) is -0.698.